The number of carboxylic acids is 1. The van der Waals surface area contributed by atoms with Gasteiger partial charge in [-0.25, -0.2) is 4.79 Å². The van der Waals surface area contributed by atoms with Crippen LogP contribution in [0.25, 0.3) is 6.08 Å². The zero-order chi connectivity index (χ0) is 18.4. The first-order valence-electron chi connectivity index (χ1n) is 7.56. The summed E-state index contributed by atoms with van der Waals surface area (Å²) in [6, 6.07) is 12.3. The van der Waals surface area contributed by atoms with Gasteiger partial charge in [0.1, 0.15) is 11.4 Å². The quantitative estimate of drug-likeness (QED) is 0.773. The Labute approximate surface area is 150 Å². The largest absolute Gasteiger partial charge is 0.484 e. The van der Waals surface area contributed by atoms with Gasteiger partial charge < -0.3 is 15.2 Å². The van der Waals surface area contributed by atoms with Gasteiger partial charge in [0.25, 0.3) is 5.91 Å². The number of aryl methyl sites for hydroxylation is 2. The molecule has 0 bridgehead atoms. The number of halogens is 1. The topological polar surface area (TPSA) is 75.6 Å². The van der Waals surface area contributed by atoms with Gasteiger partial charge in [-0.1, -0.05) is 41.9 Å². The molecule has 6 heteroatoms. The second-order valence-corrected chi connectivity index (χ2v) is 5.86. The Morgan fingerprint density at radius 3 is 2.32 bits per heavy atom. The van der Waals surface area contributed by atoms with Crippen LogP contribution in [0, 0.1) is 13.8 Å². The minimum absolute atomic E-state index is 0.219. The highest BCUT2D eigenvalue weighted by Crippen LogP contribution is 2.25. The summed E-state index contributed by atoms with van der Waals surface area (Å²) >= 11 is 6.09. The van der Waals surface area contributed by atoms with E-state index in [4.69, 9.17) is 16.3 Å². The van der Waals surface area contributed by atoms with E-state index in [0.717, 1.165) is 11.1 Å². The number of ether oxygens (including phenoxy) is 1. The molecule has 0 aromatic heterocycles. The second kappa shape index (κ2) is 8.35. The van der Waals surface area contributed by atoms with Crippen molar-refractivity contribution < 1.29 is 19.4 Å². The zero-order valence-electron chi connectivity index (χ0n) is 13.9. The van der Waals surface area contributed by atoms with E-state index >= 15 is 0 Å². The van der Waals surface area contributed by atoms with E-state index < -0.39 is 11.9 Å². The van der Waals surface area contributed by atoms with Crippen LogP contribution in [0.4, 0.5) is 0 Å². The van der Waals surface area contributed by atoms with Crippen molar-refractivity contribution in [2.75, 3.05) is 6.61 Å². The highest BCUT2D eigenvalue weighted by Gasteiger charge is 2.13. The van der Waals surface area contributed by atoms with Crippen molar-refractivity contribution in [3.63, 3.8) is 0 Å². The molecular formula is C19H18ClNO4. The number of hydrogen-bond acceptors (Lipinski definition) is 3. The molecule has 0 unspecified atom stereocenters. The van der Waals surface area contributed by atoms with Crippen LogP contribution in [-0.2, 0) is 9.59 Å². The van der Waals surface area contributed by atoms with Crippen LogP contribution in [0.15, 0.2) is 48.2 Å². The molecular weight excluding hydrogens is 342 g/mol. The van der Waals surface area contributed by atoms with E-state index in [1.807, 2.05) is 19.9 Å². The van der Waals surface area contributed by atoms with E-state index in [9.17, 15) is 14.7 Å². The number of hydrogen-bond donors (Lipinski definition) is 2. The van der Waals surface area contributed by atoms with Gasteiger partial charge in [-0.2, -0.15) is 0 Å². The summed E-state index contributed by atoms with van der Waals surface area (Å²) in [7, 11) is 0. The fourth-order valence-corrected chi connectivity index (χ4v) is 2.30. The lowest BCUT2D eigenvalue weighted by Crippen LogP contribution is -2.31. The summed E-state index contributed by atoms with van der Waals surface area (Å²) in [5.41, 5.74) is 2.13. The smallest absolute Gasteiger partial charge is 0.352 e. The van der Waals surface area contributed by atoms with E-state index in [1.165, 1.54) is 6.08 Å². The van der Waals surface area contributed by atoms with E-state index in [1.54, 1.807) is 36.4 Å². The standard InChI is InChI=1S/C19H18ClNO4/c1-12-8-15(9-13(2)18(12)20)25-11-17(22)21-16(19(23)24)10-14-6-4-3-5-7-14/h3-10H,11H2,1-2H3,(H,21,22)(H,23,24)/b16-10+. The Hall–Kier alpha value is -2.79. The number of carbonyl (C=O) groups excluding carboxylic acids is 1. The number of aliphatic carboxylic acids is 1. The van der Waals surface area contributed by atoms with E-state index in [0.29, 0.717) is 16.3 Å². The van der Waals surface area contributed by atoms with Crippen LogP contribution in [0.1, 0.15) is 16.7 Å². The van der Waals surface area contributed by atoms with Crippen LogP contribution in [0.2, 0.25) is 5.02 Å². The molecule has 2 aromatic rings. The molecule has 0 aliphatic rings. The molecule has 5 nitrogen and oxygen atoms in total. The number of nitrogens with one attached hydrogen (secondary N) is 1. The Bertz CT molecular complexity index is 792. The fourth-order valence-electron chi connectivity index (χ4n) is 2.19. The minimum Gasteiger partial charge on any atom is -0.484 e. The van der Waals surface area contributed by atoms with Crippen molar-refractivity contribution in [3.8, 4) is 5.75 Å². The number of benzene rings is 2. The predicted octanol–water partition coefficient (Wildman–Crippen LogP) is 3.58. The maximum absolute atomic E-state index is 12.0. The number of carbonyl (C=O) groups is 2. The SMILES string of the molecule is Cc1cc(OCC(=O)N/C(=C/c2ccccc2)C(=O)O)cc(C)c1Cl. The molecule has 0 saturated carbocycles. The highest BCUT2D eigenvalue weighted by atomic mass is 35.5. The van der Waals surface area contributed by atoms with Crippen LogP contribution in [-0.4, -0.2) is 23.6 Å². The summed E-state index contributed by atoms with van der Waals surface area (Å²) in [5, 5.41) is 12.2. The molecule has 0 aliphatic heterocycles. The van der Waals surface area contributed by atoms with Crippen molar-refractivity contribution in [3.05, 3.63) is 69.9 Å². The van der Waals surface area contributed by atoms with Crippen molar-refractivity contribution in [1.29, 1.82) is 0 Å². The molecule has 0 radical (unpaired) electrons. The van der Waals surface area contributed by atoms with Gasteiger partial charge in [0.2, 0.25) is 0 Å². The average Bonchev–Trinajstić information content (AvgIpc) is 2.58. The summed E-state index contributed by atoms with van der Waals surface area (Å²) in [6.45, 7) is 3.38. The molecule has 2 N–H and O–H groups in total. The van der Waals surface area contributed by atoms with Crippen molar-refractivity contribution in [1.82, 2.24) is 5.32 Å². The third kappa shape index (κ3) is 5.36. The Morgan fingerprint density at radius 1 is 1.16 bits per heavy atom. The van der Waals surface area contributed by atoms with Gasteiger partial charge in [-0.15, -0.1) is 0 Å². The molecule has 1 amide bonds. The maximum Gasteiger partial charge on any atom is 0.352 e. The van der Waals surface area contributed by atoms with Crippen LogP contribution in [0.3, 0.4) is 0 Å². The van der Waals surface area contributed by atoms with Crippen LogP contribution >= 0.6 is 11.6 Å². The Kier molecular flexibility index (Phi) is 6.19. The number of carboxylic acid groups (broad SMARTS) is 1. The third-order valence-electron chi connectivity index (χ3n) is 3.39. The first-order valence-corrected chi connectivity index (χ1v) is 7.94. The van der Waals surface area contributed by atoms with Gasteiger partial charge >= 0.3 is 5.97 Å². The fraction of sp³-hybridized carbons (Fsp3) is 0.158. The molecule has 0 aliphatic carbocycles. The molecule has 0 spiro atoms. The molecule has 0 heterocycles. The molecule has 0 fully saturated rings. The molecule has 2 rings (SSSR count). The summed E-state index contributed by atoms with van der Waals surface area (Å²) in [6.07, 6.45) is 1.39. The first kappa shape index (κ1) is 18.5. The maximum atomic E-state index is 12.0. The predicted molar refractivity (Wildman–Crippen MR) is 96.6 cm³/mol. The van der Waals surface area contributed by atoms with Gasteiger partial charge in [0, 0.05) is 5.02 Å². The number of rotatable bonds is 6. The first-order chi connectivity index (χ1) is 11.9. The zero-order valence-corrected chi connectivity index (χ0v) is 14.6. The van der Waals surface area contributed by atoms with Gasteiger partial charge in [-0.05, 0) is 48.7 Å². The number of amides is 1. The summed E-state index contributed by atoms with van der Waals surface area (Å²) in [4.78, 5) is 23.3. The molecule has 0 atom stereocenters. The molecule has 2 aromatic carbocycles. The molecule has 0 saturated heterocycles. The average molecular weight is 360 g/mol. The summed E-state index contributed by atoms with van der Waals surface area (Å²) < 4.78 is 5.42. The van der Waals surface area contributed by atoms with E-state index in [-0.39, 0.29) is 12.3 Å². The van der Waals surface area contributed by atoms with Crippen molar-refractivity contribution >= 4 is 29.6 Å². The highest BCUT2D eigenvalue weighted by molar-refractivity contribution is 6.32. The van der Waals surface area contributed by atoms with Gasteiger partial charge in [0.05, 0.1) is 0 Å². The lowest BCUT2D eigenvalue weighted by atomic mass is 10.1. The second-order valence-electron chi connectivity index (χ2n) is 5.48. The Balaban J connectivity index is 2.03. The minimum atomic E-state index is -1.23. The van der Waals surface area contributed by atoms with Crippen molar-refractivity contribution in [2.24, 2.45) is 0 Å². The van der Waals surface area contributed by atoms with Gasteiger partial charge in [0.15, 0.2) is 6.61 Å². The molecule has 25 heavy (non-hydrogen) atoms. The van der Waals surface area contributed by atoms with Crippen LogP contribution in [0.5, 0.6) is 5.75 Å². The lowest BCUT2D eigenvalue weighted by molar-refractivity contribution is -0.134. The molecule has 130 valence electrons. The van der Waals surface area contributed by atoms with Crippen molar-refractivity contribution in [2.45, 2.75) is 13.8 Å². The Morgan fingerprint density at radius 2 is 1.76 bits per heavy atom. The summed E-state index contributed by atoms with van der Waals surface area (Å²) in [5.74, 6) is -1.29. The lowest BCUT2D eigenvalue weighted by Gasteiger charge is -2.10. The van der Waals surface area contributed by atoms with E-state index in [2.05, 4.69) is 5.32 Å². The third-order valence-corrected chi connectivity index (χ3v) is 3.99. The normalized spacial score (nSPS) is 11.1. The van der Waals surface area contributed by atoms with Crippen LogP contribution < -0.4 is 10.1 Å². The van der Waals surface area contributed by atoms with Gasteiger partial charge in [-0.3, -0.25) is 4.79 Å². The monoisotopic (exact) mass is 359 g/mol.